The van der Waals surface area contributed by atoms with Gasteiger partial charge in [0.2, 0.25) is 0 Å². The fraction of sp³-hybridized carbons (Fsp3) is 0.833. The van der Waals surface area contributed by atoms with E-state index < -0.39 is 0 Å². The molecule has 1 aliphatic heterocycles. The van der Waals surface area contributed by atoms with Gasteiger partial charge >= 0.3 is 0 Å². The first-order valence-corrected chi connectivity index (χ1v) is 5.47. The molecule has 0 bridgehead atoms. The van der Waals surface area contributed by atoms with E-state index in [0.29, 0.717) is 12.2 Å². The first kappa shape index (κ1) is 10.6. The van der Waals surface area contributed by atoms with Gasteiger partial charge < -0.3 is 4.74 Å². The third-order valence-electron chi connectivity index (χ3n) is 2.60. The Balaban J connectivity index is 1.83. The molecule has 1 nitrogen and oxygen atoms in total. The van der Waals surface area contributed by atoms with E-state index in [1.165, 1.54) is 38.5 Å². The minimum atomic E-state index is 0.399. The van der Waals surface area contributed by atoms with E-state index >= 15 is 0 Å². The van der Waals surface area contributed by atoms with E-state index in [9.17, 15) is 0 Å². The van der Waals surface area contributed by atoms with Crippen molar-refractivity contribution in [1.29, 1.82) is 0 Å². The molecule has 0 aliphatic carbocycles. The van der Waals surface area contributed by atoms with Crippen LogP contribution >= 0.6 is 0 Å². The number of rotatable bonds is 7. The van der Waals surface area contributed by atoms with Gasteiger partial charge in [-0.05, 0) is 6.42 Å². The largest absolute Gasteiger partial charge is 0.369 e. The average Bonchev–Trinajstić information content (AvgIpc) is 2.84. The van der Waals surface area contributed by atoms with Crippen LogP contribution in [0.5, 0.6) is 0 Å². The van der Waals surface area contributed by atoms with Gasteiger partial charge in [-0.15, -0.1) is 12.3 Å². The van der Waals surface area contributed by atoms with Crippen LogP contribution in [0.2, 0.25) is 0 Å². The van der Waals surface area contributed by atoms with E-state index in [1.54, 1.807) is 0 Å². The number of ether oxygens (including phenoxy) is 1. The van der Waals surface area contributed by atoms with Crippen molar-refractivity contribution in [2.24, 2.45) is 0 Å². The SMILES string of the molecule is C#CC[C@H]1O[C@@H]1CCCCCCC. The molecular formula is C12H20O. The highest BCUT2D eigenvalue weighted by Gasteiger charge is 2.36. The predicted molar refractivity (Wildman–Crippen MR) is 55.5 cm³/mol. The van der Waals surface area contributed by atoms with Crippen LogP contribution in [-0.2, 0) is 4.74 Å². The zero-order chi connectivity index (χ0) is 9.52. The zero-order valence-corrected chi connectivity index (χ0v) is 8.59. The lowest BCUT2D eigenvalue weighted by Gasteiger charge is -1.96. The van der Waals surface area contributed by atoms with Crippen LogP contribution < -0.4 is 0 Å². The summed E-state index contributed by atoms with van der Waals surface area (Å²) in [4.78, 5) is 0. The van der Waals surface area contributed by atoms with Crippen molar-refractivity contribution in [3.63, 3.8) is 0 Å². The summed E-state index contributed by atoms with van der Waals surface area (Å²) in [6.45, 7) is 2.24. The molecule has 0 unspecified atom stereocenters. The molecule has 0 radical (unpaired) electrons. The van der Waals surface area contributed by atoms with Crippen molar-refractivity contribution < 1.29 is 4.74 Å². The van der Waals surface area contributed by atoms with Crippen molar-refractivity contribution in [2.75, 3.05) is 0 Å². The summed E-state index contributed by atoms with van der Waals surface area (Å²) in [7, 11) is 0. The van der Waals surface area contributed by atoms with Gasteiger partial charge in [0.25, 0.3) is 0 Å². The third kappa shape index (κ3) is 4.33. The molecule has 1 aliphatic rings. The Hall–Kier alpha value is -0.480. The number of hydrogen-bond acceptors (Lipinski definition) is 1. The molecule has 0 aromatic heterocycles. The Morgan fingerprint density at radius 2 is 1.92 bits per heavy atom. The lowest BCUT2D eigenvalue weighted by molar-refractivity contribution is 0.359. The fourth-order valence-electron chi connectivity index (χ4n) is 1.68. The molecule has 0 N–H and O–H groups in total. The first-order chi connectivity index (χ1) is 6.38. The minimum Gasteiger partial charge on any atom is -0.369 e. The van der Waals surface area contributed by atoms with Crippen LogP contribution in [0.1, 0.15) is 51.9 Å². The predicted octanol–water partition coefficient (Wildman–Crippen LogP) is 3.14. The number of unbranched alkanes of at least 4 members (excludes halogenated alkanes) is 4. The van der Waals surface area contributed by atoms with Crippen molar-refractivity contribution in [1.82, 2.24) is 0 Å². The van der Waals surface area contributed by atoms with Gasteiger partial charge in [-0.25, -0.2) is 0 Å². The lowest BCUT2D eigenvalue weighted by atomic mass is 10.1. The van der Waals surface area contributed by atoms with Crippen LogP contribution in [0.25, 0.3) is 0 Å². The topological polar surface area (TPSA) is 12.5 Å². The summed E-state index contributed by atoms with van der Waals surface area (Å²) < 4.78 is 5.42. The van der Waals surface area contributed by atoms with E-state index in [1.807, 2.05) is 0 Å². The van der Waals surface area contributed by atoms with Gasteiger partial charge in [0, 0.05) is 6.42 Å². The molecule has 0 spiro atoms. The average molecular weight is 180 g/mol. The summed E-state index contributed by atoms with van der Waals surface area (Å²) in [6.07, 6.45) is 14.9. The van der Waals surface area contributed by atoms with Crippen molar-refractivity contribution >= 4 is 0 Å². The zero-order valence-electron chi connectivity index (χ0n) is 8.59. The molecular weight excluding hydrogens is 160 g/mol. The summed E-state index contributed by atoms with van der Waals surface area (Å²) in [5.74, 6) is 2.65. The monoisotopic (exact) mass is 180 g/mol. The number of terminal acetylenes is 1. The molecule has 13 heavy (non-hydrogen) atoms. The Bertz CT molecular complexity index is 168. The maximum absolute atomic E-state index is 5.42. The van der Waals surface area contributed by atoms with Gasteiger partial charge in [0.15, 0.2) is 0 Å². The summed E-state index contributed by atoms with van der Waals surface area (Å²) in [5.41, 5.74) is 0. The Kier molecular flexibility index (Phi) is 4.93. The van der Waals surface area contributed by atoms with Gasteiger partial charge in [-0.3, -0.25) is 0 Å². The van der Waals surface area contributed by atoms with Crippen LogP contribution in [0.15, 0.2) is 0 Å². The maximum Gasteiger partial charge on any atom is 0.0950 e. The molecule has 1 heterocycles. The molecule has 2 atom stereocenters. The second-order valence-electron chi connectivity index (χ2n) is 3.82. The van der Waals surface area contributed by atoms with Gasteiger partial charge in [0.1, 0.15) is 0 Å². The highest BCUT2D eigenvalue weighted by atomic mass is 16.6. The second kappa shape index (κ2) is 6.05. The molecule has 0 aromatic carbocycles. The molecule has 0 saturated carbocycles. The highest BCUT2D eigenvalue weighted by molar-refractivity contribution is 4.96. The normalized spacial score (nSPS) is 25.5. The van der Waals surface area contributed by atoms with Crippen LogP contribution in [0, 0.1) is 12.3 Å². The standard InChI is InChI=1S/C12H20O/c1-3-5-6-7-8-10-12-11(13-12)9-4-2/h2,11-12H,3,5-10H2,1H3/t11-,12-/m1/s1. The van der Waals surface area contributed by atoms with E-state index in [4.69, 9.17) is 11.2 Å². The number of hydrogen-bond donors (Lipinski definition) is 0. The molecule has 1 saturated heterocycles. The van der Waals surface area contributed by atoms with E-state index in [2.05, 4.69) is 12.8 Å². The van der Waals surface area contributed by atoms with E-state index in [0.717, 1.165) is 6.42 Å². The summed E-state index contributed by atoms with van der Waals surface area (Å²) >= 11 is 0. The molecule has 1 fully saturated rings. The van der Waals surface area contributed by atoms with Crippen molar-refractivity contribution in [3.8, 4) is 12.3 Å². The van der Waals surface area contributed by atoms with Crippen LogP contribution in [-0.4, -0.2) is 12.2 Å². The van der Waals surface area contributed by atoms with Crippen molar-refractivity contribution in [3.05, 3.63) is 0 Å². The molecule has 0 amide bonds. The second-order valence-corrected chi connectivity index (χ2v) is 3.82. The van der Waals surface area contributed by atoms with Gasteiger partial charge in [0.05, 0.1) is 12.2 Å². The van der Waals surface area contributed by atoms with Gasteiger partial charge in [-0.1, -0.05) is 39.0 Å². The maximum atomic E-state index is 5.42. The molecule has 1 heteroatoms. The molecule has 0 aromatic rings. The number of epoxide rings is 1. The summed E-state index contributed by atoms with van der Waals surface area (Å²) in [5, 5.41) is 0. The smallest absolute Gasteiger partial charge is 0.0950 e. The summed E-state index contributed by atoms with van der Waals surface area (Å²) in [6, 6.07) is 0. The van der Waals surface area contributed by atoms with Crippen LogP contribution in [0.3, 0.4) is 0 Å². The first-order valence-electron chi connectivity index (χ1n) is 5.47. The highest BCUT2D eigenvalue weighted by Crippen LogP contribution is 2.29. The minimum absolute atomic E-state index is 0.399. The quantitative estimate of drug-likeness (QED) is 0.333. The van der Waals surface area contributed by atoms with Crippen molar-refractivity contribution in [2.45, 2.75) is 64.1 Å². The molecule has 1 rings (SSSR count). The van der Waals surface area contributed by atoms with Crippen LogP contribution in [0.4, 0.5) is 0 Å². The Morgan fingerprint density at radius 1 is 1.15 bits per heavy atom. The Labute approximate surface area is 81.9 Å². The van der Waals surface area contributed by atoms with Gasteiger partial charge in [-0.2, -0.15) is 0 Å². The fourth-order valence-corrected chi connectivity index (χ4v) is 1.68. The Morgan fingerprint density at radius 3 is 2.62 bits per heavy atom. The molecule has 74 valence electrons. The third-order valence-corrected chi connectivity index (χ3v) is 2.60. The lowest BCUT2D eigenvalue weighted by Crippen LogP contribution is -1.92. The van der Waals surface area contributed by atoms with E-state index in [-0.39, 0.29) is 0 Å².